The molecule has 0 unspecified atom stereocenters. The highest BCUT2D eigenvalue weighted by Gasteiger charge is 2.02. The predicted octanol–water partition coefficient (Wildman–Crippen LogP) is 2.33. The van der Waals surface area contributed by atoms with Gasteiger partial charge in [0.1, 0.15) is 23.3 Å². The maximum atomic E-state index is 8.69. The normalized spacial score (nSPS) is 9.44. The van der Waals surface area contributed by atoms with Crippen molar-refractivity contribution < 1.29 is 4.74 Å². The maximum absolute atomic E-state index is 8.69. The van der Waals surface area contributed by atoms with Crippen LogP contribution in [0.15, 0.2) is 42.6 Å². The van der Waals surface area contributed by atoms with Crippen LogP contribution in [0.5, 0.6) is 11.5 Å². The summed E-state index contributed by atoms with van der Waals surface area (Å²) in [5, 5.41) is 8.69. The molecule has 78 valence electrons. The van der Waals surface area contributed by atoms with Gasteiger partial charge < -0.3 is 10.5 Å². The molecule has 0 aliphatic rings. The summed E-state index contributed by atoms with van der Waals surface area (Å²) in [6.07, 6.45) is 1.52. The average Bonchev–Trinajstić information content (AvgIpc) is 2.32. The van der Waals surface area contributed by atoms with Gasteiger partial charge in [-0.1, -0.05) is 12.1 Å². The van der Waals surface area contributed by atoms with E-state index in [4.69, 9.17) is 15.7 Å². The average molecular weight is 211 g/mol. The molecule has 0 radical (unpaired) electrons. The Kier molecular flexibility index (Phi) is 2.70. The lowest BCUT2D eigenvalue weighted by molar-refractivity contribution is 0.484. The molecule has 0 aliphatic carbocycles. The Balaban J connectivity index is 2.28. The standard InChI is InChI=1S/C12H9N3O/c13-8-9-7-10(5-6-15-9)16-12-4-2-1-3-11(12)14/h1-7H,14H2. The third-order valence-corrected chi connectivity index (χ3v) is 1.99. The van der Waals surface area contributed by atoms with E-state index < -0.39 is 0 Å². The lowest BCUT2D eigenvalue weighted by Gasteiger charge is -2.07. The van der Waals surface area contributed by atoms with Crippen molar-refractivity contribution in [1.82, 2.24) is 4.98 Å². The molecule has 0 bridgehead atoms. The van der Waals surface area contributed by atoms with Crippen molar-refractivity contribution >= 4 is 5.69 Å². The van der Waals surface area contributed by atoms with Crippen molar-refractivity contribution in [2.24, 2.45) is 0 Å². The van der Waals surface area contributed by atoms with Crippen LogP contribution in [0.2, 0.25) is 0 Å². The van der Waals surface area contributed by atoms with Crippen molar-refractivity contribution in [3.05, 3.63) is 48.3 Å². The highest BCUT2D eigenvalue weighted by molar-refractivity contribution is 5.53. The van der Waals surface area contributed by atoms with Gasteiger partial charge in [-0.2, -0.15) is 5.26 Å². The third-order valence-electron chi connectivity index (χ3n) is 1.99. The van der Waals surface area contributed by atoms with E-state index in [-0.39, 0.29) is 0 Å². The predicted molar refractivity (Wildman–Crippen MR) is 59.9 cm³/mol. The van der Waals surface area contributed by atoms with Crippen LogP contribution in [0.3, 0.4) is 0 Å². The van der Waals surface area contributed by atoms with Gasteiger partial charge in [-0.25, -0.2) is 4.98 Å². The Morgan fingerprint density at radius 3 is 2.81 bits per heavy atom. The Hall–Kier alpha value is -2.54. The molecular weight excluding hydrogens is 202 g/mol. The summed E-state index contributed by atoms with van der Waals surface area (Å²) in [5.74, 6) is 1.11. The summed E-state index contributed by atoms with van der Waals surface area (Å²) in [4.78, 5) is 3.85. The van der Waals surface area contributed by atoms with Crippen LogP contribution in [-0.2, 0) is 0 Å². The Morgan fingerprint density at radius 1 is 1.25 bits per heavy atom. The molecule has 0 saturated heterocycles. The van der Waals surface area contributed by atoms with Crippen LogP contribution >= 0.6 is 0 Å². The summed E-state index contributed by atoms with van der Waals surface area (Å²) < 4.78 is 5.54. The van der Waals surface area contributed by atoms with Crippen LogP contribution in [0.1, 0.15) is 5.69 Å². The van der Waals surface area contributed by atoms with Crippen LogP contribution in [0.25, 0.3) is 0 Å². The molecule has 0 spiro atoms. The summed E-state index contributed by atoms with van der Waals surface area (Å²) in [6.45, 7) is 0. The van der Waals surface area contributed by atoms with Crippen LogP contribution in [0.4, 0.5) is 5.69 Å². The number of pyridine rings is 1. The minimum atomic E-state index is 0.312. The fourth-order valence-electron chi connectivity index (χ4n) is 1.24. The number of nitriles is 1. The molecule has 1 heterocycles. The van der Waals surface area contributed by atoms with Gasteiger partial charge in [0.15, 0.2) is 0 Å². The molecular formula is C12H9N3O. The number of aromatic nitrogens is 1. The molecule has 2 rings (SSSR count). The lowest BCUT2D eigenvalue weighted by atomic mass is 10.3. The van der Waals surface area contributed by atoms with Crippen LogP contribution in [-0.4, -0.2) is 4.98 Å². The van der Waals surface area contributed by atoms with E-state index in [2.05, 4.69) is 4.98 Å². The molecule has 1 aromatic carbocycles. The van der Waals surface area contributed by atoms with Crippen molar-refractivity contribution in [3.8, 4) is 17.6 Å². The van der Waals surface area contributed by atoms with Gasteiger partial charge in [0.2, 0.25) is 0 Å². The van der Waals surface area contributed by atoms with E-state index in [1.54, 1.807) is 24.3 Å². The van der Waals surface area contributed by atoms with Crippen LogP contribution < -0.4 is 10.5 Å². The fraction of sp³-hybridized carbons (Fsp3) is 0. The first-order valence-corrected chi connectivity index (χ1v) is 4.68. The Labute approximate surface area is 92.9 Å². The molecule has 2 N–H and O–H groups in total. The highest BCUT2D eigenvalue weighted by atomic mass is 16.5. The number of hydrogen-bond acceptors (Lipinski definition) is 4. The summed E-state index contributed by atoms with van der Waals surface area (Å²) in [7, 11) is 0. The number of anilines is 1. The van der Waals surface area contributed by atoms with Gasteiger partial charge in [0, 0.05) is 12.3 Å². The number of para-hydroxylation sites is 2. The molecule has 16 heavy (non-hydrogen) atoms. The van der Waals surface area contributed by atoms with Gasteiger partial charge >= 0.3 is 0 Å². The first-order valence-electron chi connectivity index (χ1n) is 4.68. The third kappa shape index (κ3) is 2.10. The molecule has 2 aromatic rings. The molecule has 4 nitrogen and oxygen atoms in total. The van der Waals surface area contributed by atoms with E-state index in [0.29, 0.717) is 22.9 Å². The zero-order valence-corrected chi connectivity index (χ0v) is 8.42. The molecule has 1 aromatic heterocycles. The fourth-order valence-corrected chi connectivity index (χ4v) is 1.24. The smallest absolute Gasteiger partial charge is 0.150 e. The van der Waals surface area contributed by atoms with Crippen molar-refractivity contribution in [3.63, 3.8) is 0 Å². The quantitative estimate of drug-likeness (QED) is 0.774. The highest BCUT2D eigenvalue weighted by Crippen LogP contribution is 2.26. The van der Waals surface area contributed by atoms with Gasteiger partial charge in [0.25, 0.3) is 0 Å². The van der Waals surface area contributed by atoms with E-state index in [9.17, 15) is 0 Å². The van der Waals surface area contributed by atoms with Gasteiger partial charge in [-0.05, 0) is 18.2 Å². The van der Waals surface area contributed by atoms with E-state index in [1.807, 2.05) is 18.2 Å². The number of nitrogens with two attached hydrogens (primary N) is 1. The summed E-state index contributed by atoms with van der Waals surface area (Å²) >= 11 is 0. The zero-order valence-electron chi connectivity index (χ0n) is 8.42. The number of rotatable bonds is 2. The molecule has 0 saturated carbocycles. The largest absolute Gasteiger partial charge is 0.455 e. The SMILES string of the molecule is N#Cc1cc(Oc2ccccc2N)ccn1. The van der Waals surface area contributed by atoms with Gasteiger partial charge in [0.05, 0.1) is 5.69 Å². The zero-order chi connectivity index (χ0) is 11.4. The molecule has 0 atom stereocenters. The Bertz CT molecular complexity index is 546. The van der Waals surface area contributed by atoms with E-state index >= 15 is 0 Å². The number of nitrogen functional groups attached to an aromatic ring is 1. The second-order valence-corrected chi connectivity index (χ2v) is 3.13. The van der Waals surface area contributed by atoms with Crippen molar-refractivity contribution in [2.75, 3.05) is 5.73 Å². The minimum absolute atomic E-state index is 0.312. The van der Waals surface area contributed by atoms with Gasteiger partial charge in [-0.15, -0.1) is 0 Å². The van der Waals surface area contributed by atoms with E-state index in [1.165, 1.54) is 6.20 Å². The van der Waals surface area contributed by atoms with E-state index in [0.717, 1.165) is 0 Å². The number of nitrogens with zero attached hydrogens (tertiary/aromatic N) is 2. The maximum Gasteiger partial charge on any atom is 0.150 e. The topological polar surface area (TPSA) is 71.9 Å². The first-order chi connectivity index (χ1) is 7.79. The summed E-state index contributed by atoms with van der Waals surface area (Å²) in [6, 6.07) is 12.4. The molecule has 0 fully saturated rings. The van der Waals surface area contributed by atoms with Crippen LogP contribution in [0, 0.1) is 11.3 Å². The number of hydrogen-bond donors (Lipinski definition) is 1. The number of benzene rings is 1. The second-order valence-electron chi connectivity index (χ2n) is 3.13. The summed E-state index contributed by atoms with van der Waals surface area (Å²) in [5.41, 5.74) is 6.60. The van der Waals surface area contributed by atoms with Crippen molar-refractivity contribution in [1.29, 1.82) is 5.26 Å². The second kappa shape index (κ2) is 4.32. The van der Waals surface area contributed by atoms with Crippen molar-refractivity contribution in [2.45, 2.75) is 0 Å². The number of ether oxygens (including phenoxy) is 1. The molecule has 0 aliphatic heterocycles. The monoisotopic (exact) mass is 211 g/mol. The first kappa shape index (κ1) is 9.99. The minimum Gasteiger partial charge on any atom is -0.455 e. The Morgan fingerprint density at radius 2 is 2.06 bits per heavy atom. The van der Waals surface area contributed by atoms with Gasteiger partial charge in [-0.3, -0.25) is 0 Å². The molecule has 0 amide bonds. The lowest BCUT2D eigenvalue weighted by Crippen LogP contribution is -1.92. The molecule has 4 heteroatoms.